The molecule has 0 amide bonds. The SMILES string of the molecule is CC1CN(c2cc(-c3nc(C(C)C)no3)ccn2)CC(c2ccc(F)cc2)O1. The number of benzene rings is 1. The molecule has 0 aliphatic carbocycles. The van der Waals surface area contributed by atoms with Crippen LogP contribution in [0.3, 0.4) is 0 Å². The van der Waals surface area contributed by atoms with Crippen molar-refractivity contribution >= 4 is 5.82 Å². The van der Waals surface area contributed by atoms with Crippen LogP contribution in [0.1, 0.15) is 44.2 Å². The average Bonchev–Trinajstić information content (AvgIpc) is 3.19. The van der Waals surface area contributed by atoms with Gasteiger partial charge in [0, 0.05) is 30.8 Å². The summed E-state index contributed by atoms with van der Waals surface area (Å²) in [5.74, 6) is 1.95. The van der Waals surface area contributed by atoms with Crippen molar-refractivity contribution in [2.45, 2.75) is 38.9 Å². The average molecular weight is 382 g/mol. The molecule has 0 spiro atoms. The molecular weight excluding hydrogens is 359 g/mol. The highest BCUT2D eigenvalue weighted by Gasteiger charge is 2.27. The minimum absolute atomic E-state index is 0.0187. The highest BCUT2D eigenvalue weighted by Crippen LogP contribution is 2.30. The van der Waals surface area contributed by atoms with E-state index in [9.17, 15) is 4.39 Å². The summed E-state index contributed by atoms with van der Waals surface area (Å²) in [7, 11) is 0. The molecule has 1 aliphatic heterocycles. The molecule has 7 heteroatoms. The maximum absolute atomic E-state index is 13.2. The van der Waals surface area contributed by atoms with E-state index in [4.69, 9.17) is 9.26 Å². The van der Waals surface area contributed by atoms with Crippen molar-refractivity contribution in [1.29, 1.82) is 0 Å². The summed E-state index contributed by atoms with van der Waals surface area (Å²) in [4.78, 5) is 11.2. The van der Waals surface area contributed by atoms with E-state index < -0.39 is 0 Å². The molecule has 0 saturated carbocycles. The lowest BCUT2D eigenvalue weighted by Crippen LogP contribution is -2.43. The summed E-state index contributed by atoms with van der Waals surface area (Å²) in [6.07, 6.45) is 1.62. The molecule has 4 rings (SSSR count). The molecule has 146 valence electrons. The van der Waals surface area contributed by atoms with Crippen LogP contribution < -0.4 is 4.90 Å². The molecule has 0 N–H and O–H groups in total. The van der Waals surface area contributed by atoms with Gasteiger partial charge in [-0.3, -0.25) is 0 Å². The van der Waals surface area contributed by atoms with Crippen molar-refractivity contribution in [3.05, 3.63) is 59.8 Å². The van der Waals surface area contributed by atoms with Crippen LogP contribution in [-0.2, 0) is 4.74 Å². The van der Waals surface area contributed by atoms with E-state index in [2.05, 4.69) is 20.0 Å². The lowest BCUT2D eigenvalue weighted by molar-refractivity contribution is -0.0176. The fourth-order valence-corrected chi connectivity index (χ4v) is 3.31. The van der Waals surface area contributed by atoms with E-state index in [1.807, 2.05) is 32.9 Å². The summed E-state index contributed by atoms with van der Waals surface area (Å²) < 4.78 is 24.7. The number of aromatic nitrogens is 3. The minimum Gasteiger partial charge on any atom is -0.367 e. The Hall–Kier alpha value is -2.80. The molecule has 3 heterocycles. The van der Waals surface area contributed by atoms with Gasteiger partial charge in [-0.15, -0.1) is 0 Å². The Morgan fingerprint density at radius 2 is 1.93 bits per heavy atom. The molecule has 0 bridgehead atoms. The van der Waals surface area contributed by atoms with Crippen LogP contribution in [-0.4, -0.2) is 34.3 Å². The zero-order chi connectivity index (χ0) is 19.7. The van der Waals surface area contributed by atoms with Crippen molar-refractivity contribution in [3.63, 3.8) is 0 Å². The zero-order valence-electron chi connectivity index (χ0n) is 16.2. The fourth-order valence-electron chi connectivity index (χ4n) is 3.31. The van der Waals surface area contributed by atoms with Gasteiger partial charge in [0.1, 0.15) is 17.7 Å². The Labute approximate surface area is 163 Å². The van der Waals surface area contributed by atoms with Crippen molar-refractivity contribution in [2.24, 2.45) is 0 Å². The number of nitrogens with zero attached hydrogens (tertiary/aromatic N) is 4. The van der Waals surface area contributed by atoms with Gasteiger partial charge in [0.25, 0.3) is 5.89 Å². The summed E-state index contributed by atoms with van der Waals surface area (Å²) in [5, 5.41) is 4.03. The topological polar surface area (TPSA) is 64.3 Å². The molecule has 1 saturated heterocycles. The van der Waals surface area contributed by atoms with Crippen molar-refractivity contribution in [1.82, 2.24) is 15.1 Å². The summed E-state index contributed by atoms with van der Waals surface area (Å²) >= 11 is 0. The third kappa shape index (κ3) is 3.89. The largest absolute Gasteiger partial charge is 0.367 e. The molecule has 1 aliphatic rings. The van der Waals surface area contributed by atoms with Crippen LogP contribution >= 0.6 is 0 Å². The van der Waals surface area contributed by atoms with E-state index in [1.54, 1.807) is 18.3 Å². The van der Waals surface area contributed by atoms with Crippen LogP contribution in [0.4, 0.5) is 10.2 Å². The second-order valence-electron chi connectivity index (χ2n) is 7.41. The van der Waals surface area contributed by atoms with Crippen molar-refractivity contribution < 1.29 is 13.7 Å². The lowest BCUT2D eigenvalue weighted by Gasteiger charge is -2.37. The molecule has 1 fully saturated rings. The first-order chi connectivity index (χ1) is 13.5. The van der Waals surface area contributed by atoms with E-state index in [0.717, 1.165) is 23.5 Å². The number of ether oxygens (including phenoxy) is 1. The number of pyridine rings is 1. The minimum atomic E-state index is -0.251. The van der Waals surface area contributed by atoms with Gasteiger partial charge in [0.05, 0.1) is 6.10 Å². The number of anilines is 1. The van der Waals surface area contributed by atoms with Crippen LogP contribution in [0, 0.1) is 5.82 Å². The maximum atomic E-state index is 13.2. The van der Waals surface area contributed by atoms with Crippen LogP contribution in [0.25, 0.3) is 11.5 Å². The van der Waals surface area contributed by atoms with Crippen molar-refractivity contribution in [2.75, 3.05) is 18.0 Å². The highest BCUT2D eigenvalue weighted by atomic mass is 19.1. The van der Waals surface area contributed by atoms with Gasteiger partial charge in [-0.1, -0.05) is 31.1 Å². The Balaban J connectivity index is 1.58. The van der Waals surface area contributed by atoms with Gasteiger partial charge in [0.2, 0.25) is 0 Å². The van der Waals surface area contributed by atoms with Crippen LogP contribution in [0.2, 0.25) is 0 Å². The molecule has 0 radical (unpaired) electrons. The number of rotatable bonds is 4. The zero-order valence-corrected chi connectivity index (χ0v) is 16.2. The van der Waals surface area contributed by atoms with Gasteiger partial charge in [-0.25, -0.2) is 9.37 Å². The smallest absolute Gasteiger partial charge is 0.258 e. The Morgan fingerprint density at radius 3 is 2.64 bits per heavy atom. The second kappa shape index (κ2) is 7.67. The monoisotopic (exact) mass is 382 g/mol. The third-order valence-electron chi connectivity index (χ3n) is 4.78. The van der Waals surface area contributed by atoms with Crippen molar-refractivity contribution in [3.8, 4) is 11.5 Å². The standard InChI is InChI=1S/C21H23FN4O2/c1-13(2)20-24-21(28-25-20)16-8-9-23-19(10-16)26-11-14(3)27-18(12-26)15-4-6-17(22)7-5-15/h4-10,13-14,18H,11-12H2,1-3H3. The fraction of sp³-hybridized carbons (Fsp3) is 0.381. The molecule has 28 heavy (non-hydrogen) atoms. The van der Waals surface area contributed by atoms with Gasteiger partial charge < -0.3 is 14.2 Å². The summed E-state index contributed by atoms with van der Waals surface area (Å²) in [6, 6.07) is 10.3. The molecular formula is C21H23FN4O2. The van der Waals surface area contributed by atoms with E-state index in [1.165, 1.54) is 12.1 Å². The van der Waals surface area contributed by atoms with E-state index in [0.29, 0.717) is 18.3 Å². The maximum Gasteiger partial charge on any atom is 0.258 e. The number of hydrogen-bond acceptors (Lipinski definition) is 6. The Morgan fingerprint density at radius 1 is 1.14 bits per heavy atom. The van der Waals surface area contributed by atoms with Crippen LogP contribution in [0.15, 0.2) is 47.1 Å². The number of morpholine rings is 1. The predicted molar refractivity (Wildman–Crippen MR) is 104 cm³/mol. The van der Waals surface area contributed by atoms with Gasteiger partial charge in [0.15, 0.2) is 5.82 Å². The summed E-state index contributed by atoms with van der Waals surface area (Å²) in [6.45, 7) is 7.43. The number of hydrogen-bond donors (Lipinski definition) is 0. The molecule has 2 aromatic heterocycles. The molecule has 3 aromatic rings. The van der Waals surface area contributed by atoms with Gasteiger partial charge >= 0.3 is 0 Å². The first-order valence-electron chi connectivity index (χ1n) is 9.45. The first kappa shape index (κ1) is 18.6. The first-order valence-corrected chi connectivity index (χ1v) is 9.45. The van der Waals surface area contributed by atoms with Crippen LogP contribution in [0.5, 0.6) is 0 Å². The highest BCUT2D eigenvalue weighted by molar-refractivity contribution is 5.59. The molecule has 2 unspecified atom stereocenters. The predicted octanol–water partition coefficient (Wildman–Crippen LogP) is 4.36. The summed E-state index contributed by atoms with van der Waals surface area (Å²) in [5.41, 5.74) is 1.79. The van der Waals surface area contributed by atoms with Gasteiger partial charge in [-0.05, 0) is 36.8 Å². The number of halogens is 1. The van der Waals surface area contributed by atoms with E-state index in [-0.39, 0.29) is 23.9 Å². The normalized spacial score (nSPS) is 20.0. The van der Waals surface area contributed by atoms with E-state index >= 15 is 0 Å². The third-order valence-corrected chi connectivity index (χ3v) is 4.78. The van der Waals surface area contributed by atoms with Gasteiger partial charge in [-0.2, -0.15) is 4.98 Å². The molecule has 2 atom stereocenters. The second-order valence-corrected chi connectivity index (χ2v) is 7.41. The Bertz CT molecular complexity index is 942. The lowest BCUT2D eigenvalue weighted by atomic mass is 10.1. The quantitative estimate of drug-likeness (QED) is 0.668. The molecule has 1 aromatic carbocycles. The molecule has 6 nitrogen and oxygen atoms in total. The Kier molecular flexibility index (Phi) is 5.09.